The van der Waals surface area contributed by atoms with Gasteiger partial charge in [-0.15, -0.1) is 0 Å². The Morgan fingerprint density at radius 3 is 2.54 bits per heavy atom. The normalized spacial score (nSPS) is 21.1. The number of pyridine rings is 1. The van der Waals surface area contributed by atoms with E-state index in [0.29, 0.717) is 5.82 Å². The molecule has 10 heteroatoms. The van der Waals surface area contributed by atoms with Crippen molar-refractivity contribution < 1.29 is 27.3 Å². The number of nitrogens with one attached hydrogen (secondary N) is 1. The number of ketones is 1. The molecule has 0 unspecified atom stereocenters. The van der Waals surface area contributed by atoms with Gasteiger partial charge in [-0.25, -0.2) is 4.98 Å². The number of aromatic nitrogens is 3. The van der Waals surface area contributed by atoms with Gasteiger partial charge < -0.3 is 9.84 Å². The molecule has 0 radical (unpaired) electrons. The summed E-state index contributed by atoms with van der Waals surface area (Å²) in [5.41, 5.74) is 3.66. The van der Waals surface area contributed by atoms with Crippen molar-refractivity contribution >= 4 is 17.5 Å². The minimum absolute atomic E-state index is 0.0291. The lowest BCUT2D eigenvalue weighted by Gasteiger charge is -2.17. The van der Waals surface area contributed by atoms with Gasteiger partial charge >= 0.3 is 6.18 Å². The number of anilines is 1. The van der Waals surface area contributed by atoms with Crippen LogP contribution in [0.3, 0.4) is 0 Å². The minimum Gasteiger partial charge on any atom is -0.331 e. The van der Waals surface area contributed by atoms with Crippen LogP contribution in [0, 0.1) is 11.8 Å². The van der Waals surface area contributed by atoms with Crippen molar-refractivity contribution in [1.29, 1.82) is 0 Å². The number of Topliss-reactive ketones (excluding diaryl/α,β-unsaturated/α-hetero) is 1. The number of alkyl halides is 3. The molecule has 39 heavy (non-hydrogen) atoms. The molecule has 2 heterocycles. The number of halogens is 3. The molecule has 3 aromatic rings. The third kappa shape index (κ3) is 6.04. The first-order chi connectivity index (χ1) is 18.4. The molecule has 1 fully saturated rings. The predicted octanol–water partition coefficient (Wildman–Crippen LogP) is 6.65. The van der Waals surface area contributed by atoms with E-state index in [1.165, 1.54) is 6.20 Å². The highest BCUT2D eigenvalue weighted by molar-refractivity contribution is 5.94. The number of fused-ring (bicyclic) bond motifs is 1. The van der Waals surface area contributed by atoms with Crippen LogP contribution in [0.4, 0.5) is 19.0 Å². The first-order valence-electron chi connectivity index (χ1n) is 13.2. The molecule has 0 spiro atoms. The number of benzene rings is 1. The lowest BCUT2D eigenvalue weighted by atomic mass is 9.87. The molecule has 7 nitrogen and oxygen atoms in total. The van der Waals surface area contributed by atoms with E-state index < -0.39 is 23.9 Å². The van der Waals surface area contributed by atoms with E-state index >= 15 is 0 Å². The topological polar surface area (TPSA) is 98.0 Å². The number of nitrogens with zero attached hydrogens (tertiary/aromatic N) is 3. The molecule has 5 rings (SSSR count). The molecule has 206 valence electrons. The van der Waals surface area contributed by atoms with E-state index in [-0.39, 0.29) is 41.7 Å². The van der Waals surface area contributed by atoms with E-state index in [1.807, 2.05) is 32.9 Å². The van der Waals surface area contributed by atoms with Crippen LogP contribution in [0.15, 0.2) is 41.1 Å². The Kier molecular flexibility index (Phi) is 7.07. The average Bonchev–Trinajstić information content (AvgIpc) is 3.58. The summed E-state index contributed by atoms with van der Waals surface area (Å²) in [6.07, 6.45) is 1.00. The summed E-state index contributed by atoms with van der Waals surface area (Å²) < 4.78 is 43.8. The molecule has 2 aliphatic carbocycles. The van der Waals surface area contributed by atoms with Crippen molar-refractivity contribution in [3.8, 4) is 11.1 Å². The first-order valence-corrected chi connectivity index (χ1v) is 13.2. The Morgan fingerprint density at radius 2 is 1.85 bits per heavy atom. The van der Waals surface area contributed by atoms with Gasteiger partial charge in [0, 0.05) is 18.0 Å². The molecular weight excluding hydrogens is 509 g/mol. The van der Waals surface area contributed by atoms with Crippen LogP contribution < -0.4 is 5.32 Å². The number of rotatable bonds is 6. The van der Waals surface area contributed by atoms with Crippen molar-refractivity contribution in [2.24, 2.45) is 11.8 Å². The molecule has 0 bridgehead atoms. The highest BCUT2D eigenvalue weighted by Gasteiger charge is 2.58. The molecule has 1 N–H and O–H groups in total. The molecule has 1 amide bonds. The second kappa shape index (κ2) is 10.2. The number of amides is 1. The van der Waals surface area contributed by atoms with Gasteiger partial charge in [0.15, 0.2) is 5.82 Å². The zero-order valence-electron chi connectivity index (χ0n) is 22.1. The first kappa shape index (κ1) is 27.0. The van der Waals surface area contributed by atoms with Crippen LogP contribution in [0.25, 0.3) is 11.1 Å². The summed E-state index contributed by atoms with van der Waals surface area (Å²) in [4.78, 5) is 33.8. The van der Waals surface area contributed by atoms with Crippen LogP contribution in [0.1, 0.15) is 86.4 Å². The van der Waals surface area contributed by atoms with Gasteiger partial charge in [0.05, 0.1) is 11.8 Å². The monoisotopic (exact) mass is 540 g/mol. The summed E-state index contributed by atoms with van der Waals surface area (Å²) in [5.74, 6) is -2.67. The predicted molar refractivity (Wildman–Crippen MR) is 138 cm³/mol. The van der Waals surface area contributed by atoms with Crippen molar-refractivity contribution in [3.05, 3.63) is 59.4 Å². The van der Waals surface area contributed by atoms with Crippen molar-refractivity contribution in [3.63, 3.8) is 0 Å². The smallest absolute Gasteiger partial charge is 0.331 e. The number of hydrogen-bond acceptors (Lipinski definition) is 6. The van der Waals surface area contributed by atoms with Crippen LogP contribution in [-0.2, 0) is 16.6 Å². The lowest BCUT2D eigenvalue weighted by molar-refractivity contribution is -0.153. The number of hydrogen-bond donors (Lipinski definition) is 1. The molecule has 3 atom stereocenters. The second-order valence-electron chi connectivity index (χ2n) is 11.6. The van der Waals surface area contributed by atoms with Gasteiger partial charge in [0.25, 0.3) is 5.89 Å². The maximum Gasteiger partial charge on any atom is 0.392 e. The van der Waals surface area contributed by atoms with Gasteiger partial charge in [-0.3, -0.25) is 9.59 Å². The highest BCUT2D eigenvalue weighted by atomic mass is 19.4. The van der Waals surface area contributed by atoms with Gasteiger partial charge in [-0.05, 0) is 66.0 Å². The number of carbonyl (C=O) groups is 2. The van der Waals surface area contributed by atoms with Gasteiger partial charge in [-0.2, -0.15) is 18.2 Å². The van der Waals surface area contributed by atoms with Gasteiger partial charge in [0.2, 0.25) is 11.7 Å². The molecule has 1 aromatic carbocycles. The highest BCUT2D eigenvalue weighted by Crippen LogP contribution is 2.50. The van der Waals surface area contributed by atoms with Crippen molar-refractivity contribution in [1.82, 2.24) is 15.1 Å². The van der Waals surface area contributed by atoms with Crippen LogP contribution >= 0.6 is 0 Å². The zero-order valence-corrected chi connectivity index (χ0v) is 22.1. The molecular formula is C29H31F3N4O3. The maximum atomic E-state index is 13.0. The third-order valence-electron chi connectivity index (χ3n) is 7.49. The van der Waals surface area contributed by atoms with Crippen LogP contribution in [0.5, 0.6) is 0 Å². The SMILES string of the molecule is CC(C)(C)c1noc(C(=O)C[C@@H]2CCCCc3cc(-c4ccnc(NC(=O)[C@@H]5C[C@H]5C(F)(F)F)c4)ccc32)n1. The van der Waals surface area contributed by atoms with E-state index in [1.54, 1.807) is 12.1 Å². The fourth-order valence-electron chi connectivity index (χ4n) is 5.17. The fraction of sp³-hybridized carbons (Fsp3) is 0.483. The van der Waals surface area contributed by atoms with Gasteiger partial charge in [-0.1, -0.05) is 50.5 Å². The summed E-state index contributed by atoms with van der Waals surface area (Å²) in [6.45, 7) is 5.88. The quantitative estimate of drug-likeness (QED) is 0.278. The lowest BCUT2D eigenvalue weighted by Crippen LogP contribution is -2.20. The van der Waals surface area contributed by atoms with Gasteiger partial charge in [0.1, 0.15) is 5.82 Å². The van der Waals surface area contributed by atoms with Crippen LogP contribution in [-0.4, -0.2) is 33.0 Å². The standard InChI is InChI=1S/C29H31F3N4O3/c1-28(2,3)27-35-26(39-36-27)23(37)13-19-7-5-4-6-18-12-16(8-9-20(18)19)17-10-11-33-24(14-17)34-25(38)21-15-22(21)29(30,31)32/h8-12,14,19,21-22H,4-7,13,15H2,1-3H3,(H,33,34,38)/t19-,21+,22+/m0/s1. The fourth-order valence-corrected chi connectivity index (χ4v) is 5.17. The Morgan fingerprint density at radius 1 is 1.08 bits per heavy atom. The number of carbonyl (C=O) groups excluding carboxylic acids is 2. The zero-order chi connectivity index (χ0) is 27.9. The second-order valence-corrected chi connectivity index (χ2v) is 11.6. The molecule has 0 saturated heterocycles. The minimum atomic E-state index is -4.36. The molecule has 2 aromatic heterocycles. The Hall–Kier alpha value is -3.56. The molecule has 2 aliphatic rings. The Balaban J connectivity index is 1.31. The van der Waals surface area contributed by atoms with E-state index in [0.717, 1.165) is 47.9 Å². The summed E-state index contributed by atoms with van der Waals surface area (Å²) in [7, 11) is 0. The number of aryl methyl sites for hydroxylation is 1. The molecule has 0 aliphatic heterocycles. The Bertz CT molecular complexity index is 1390. The van der Waals surface area contributed by atoms with Crippen molar-refractivity contribution in [2.75, 3.05) is 5.32 Å². The summed E-state index contributed by atoms with van der Waals surface area (Å²) >= 11 is 0. The maximum absolute atomic E-state index is 13.0. The van der Waals surface area contributed by atoms with Crippen molar-refractivity contribution in [2.45, 2.75) is 76.8 Å². The van der Waals surface area contributed by atoms with E-state index in [4.69, 9.17) is 4.52 Å². The van der Waals surface area contributed by atoms with Crippen LogP contribution in [0.2, 0.25) is 0 Å². The van der Waals surface area contributed by atoms with E-state index in [9.17, 15) is 22.8 Å². The largest absolute Gasteiger partial charge is 0.392 e. The summed E-state index contributed by atoms with van der Waals surface area (Å²) in [6, 6.07) is 9.56. The Labute approximate surface area is 224 Å². The van der Waals surface area contributed by atoms with E-state index in [2.05, 4.69) is 26.5 Å². The molecule has 1 saturated carbocycles. The third-order valence-corrected chi connectivity index (χ3v) is 7.49. The average molecular weight is 541 g/mol. The summed E-state index contributed by atoms with van der Waals surface area (Å²) in [5, 5.41) is 6.51.